The van der Waals surface area contributed by atoms with Crippen molar-refractivity contribution in [3.05, 3.63) is 53.8 Å². The average Bonchev–Trinajstić information content (AvgIpc) is 3.16. The highest BCUT2D eigenvalue weighted by Gasteiger charge is 2.35. The molecule has 1 fully saturated rings. The van der Waals surface area contributed by atoms with Crippen LogP contribution in [0.4, 0.5) is 5.13 Å². The van der Waals surface area contributed by atoms with Crippen LogP contribution >= 0.6 is 11.3 Å². The summed E-state index contributed by atoms with van der Waals surface area (Å²) in [6.45, 7) is 0.415. The molecule has 2 aromatic heterocycles. The highest BCUT2D eigenvalue weighted by molar-refractivity contribution is 7.14. The minimum atomic E-state index is 0.128. The standard InChI is InChI=1S/C19H18N2O3S/c1-23-15-8-6-13(7-9-15)17-12-25-19(20-17)21(18(22)14-4-5-14)11-16-3-2-10-24-16/h2-3,6-10,12,14H,4-5,11H2,1H3. The molecule has 1 aliphatic carbocycles. The number of furan rings is 1. The Morgan fingerprint density at radius 3 is 2.76 bits per heavy atom. The third-order valence-corrected chi connectivity index (χ3v) is 5.06. The number of hydrogen-bond donors (Lipinski definition) is 0. The zero-order valence-electron chi connectivity index (χ0n) is 13.8. The van der Waals surface area contributed by atoms with Crippen LogP contribution in [0.5, 0.6) is 5.75 Å². The van der Waals surface area contributed by atoms with E-state index in [4.69, 9.17) is 9.15 Å². The molecule has 3 aromatic rings. The number of thiazole rings is 1. The molecule has 0 aliphatic heterocycles. The number of rotatable bonds is 6. The van der Waals surface area contributed by atoms with Crippen molar-refractivity contribution in [2.45, 2.75) is 19.4 Å². The van der Waals surface area contributed by atoms with Crippen LogP contribution in [0.25, 0.3) is 11.3 Å². The summed E-state index contributed by atoms with van der Waals surface area (Å²) in [7, 11) is 1.64. The summed E-state index contributed by atoms with van der Waals surface area (Å²) in [5, 5.41) is 2.69. The zero-order chi connectivity index (χ0) is 17.2. The van der Waals surface area contributed by atoms with Gasteiger partial charge in [-0.15, -0.1) is 11.3 Å². The van der Waals surface area contributed by atoms with Gasteiger partial charge in [0.15, 0.2) is 5.13 Å². The number of carbonyl (C=O) groups excluding carboxylic acids is 1. The zero-order valence-corrected chi connectivity index (χ0v) is 14.7. The van der Waals surface area contributed by atoms with E-state index >= 15 is 0 Å². The predicted octanol–water partition coefficient (Wildman–Crippen LogP) is 4.35. The summed E-state index contributed by atoms with van der Waals surface area (Å²) in [6, 6.07) is 11.5. The van der Waals surface area contributed by atoms with E-state index in [1.807, 2.05) is 41.8 Å². The minimum Gasteiger partial charge on any atom is -0.497 e. The highest BCUT2D eigenvalue weighted by atomic mass is 32.1. The molecule has 1 saturated carbocycles. The molecule has 0 saturated heterocycles. The van der Waals surface area contributed by atoms with Crippen LogP contribution in [0.15, 0.2) is 52.5 Å². The van der Waals surface area contributed by atoms with Crippen molar-refractivity contribution in [2.24, 2.45) is 5.92 Å². The van der Waals surface area contributed by atoms with Gasteiger partial charge < -0.3 is 9.15 Å². The predicted molar refractivity (Wildman–Crippen MR) is 96.7 cm³/mol. The minimum absolute atomic E-state index is 0.128. The van der Waals surface area contributed by atoms with Crippen LogP contribution in [0.3, 0.4) is 0 Å². The number of nitrogens with zero attached hydrogens (tertiary/aromatic N) is 2. The molecule has 5 nitrogen and oxygen atoms in total. The Morgan fingerprint density at radius 2 is 2.12 bits per heavy atom. The Balaban J connectivity index is 1.60. The van der Waals surface area contributed by atoms with Crippen LogP contribution in [-0.4, -0.2) is 18.0 Å². The maximum atomic E-state index is 12.7. The second kappa shape index (κ2) is 6.72. The summed E-state index contributed by atoms with van der Waals surface area (Å²) in [5.41, 5.74) is 1.86. The molecule has 0 N–H and O–H groups in total. The Kier molecular flexibility index (Phi) is 4.28. The van der Waals surface area contributed by atoms with Crippen LogP contribution in [0.1, 0.15) is 18.6 Å². The van der Waals surface area contributed by atoms with Gasteiger partial charge in [0.05, 0.1) is 25.6 Å². The van der Waals surface area contributed by atoms with E-state index in [-0.39, 0.29) is 11.8 Å². The first kappa shape index (κ1) is 15.9. The summed E-state index contributed by atoms with van der Waals surface area (Å²) in [6.07, 6.45) is 3.55. The number of benzene rings is 1. The average molecular weight is 354 g/mol. The van der Waals surface area contributed by atoms with Crippen molar-refractivity contribution in [3.8, 4) is 17.0 Å². The van der Waals surface area contributed by atoms with Crippen molar-refractivity contribution in [1.29, 1.82) is 0 Å². The Bertz CT molecular complexity index is 851. The summed E-state index contributed by atoms with van der Waals surface area (Å²) in [4.78, 5) is 19.1. The lowest BCUT2D eigenvalue weighted by Crippen LogP contribution is -2.31. The molecule has 0 unspecified atom stereocenters. The van der Waals surface area contributed by atoms with E-state index in [0.717, 1.165) is 35.6 Å². The van der Waals surface area contributed by atoms with Crippen molar-refractivity contribution in [2.75, 3.05) is 12.0 Å². The maximum Gasteiger partial charge on any atom is 0.232 e. The van der Waals surface area contributed by atoms with Gasteiger partial charge in [-0.05, 0) is 49.2 Å². The highest BCUT2D eigenvalue weighted by Crippen LogP contribution is 2.36. The monoisotopic (exact) mass is 354 g/mol. The molecule has 1 aromatic carbocycles. The molecule has 4 rings (SSSR count). The fourth-order valence-electron chi connectivity index (χ4n) is 2.63. The van der Waals surface area contributed by atoms with Crippen LogP contribution in [-0.2, 0) is 11.3 Å². The number of carbonyl (C=O) groups is 1. The Labute approximate surface area is 149 Å². The van der Waals surface area contributed by atoms with Gasteiger partial charge in [-0.3, -0.25) is 9.69 Å². The SMILES string of the molecule is COc1ccc(-c2csc(N(Cc3ccco3)C(=O)C3CC3)n2)cc1. The molecular formula is C19H18N2O3S. The Hall–Kier alpha value is -2.60. The first-order valence-corrected chi connectivity index (χ1v) is 9.06. The van der Waals surface area contributed by atoms with Gasteiger partial charge in [-0.1, -0.05) is 0 Å². The van der Waals surface area contributed by atoms with Crippen LogP contribution in [0.2, 0.25) is 0 Å². The number of ether oxygens (including phenoxy) is 1. The molecule has 0 atom stereocenters. The van der Waals surface area contributed by atoms with Gasteiger partial charge in [0.25, 0.3) is 0 Å². The number of hydrogen-bond acceptors (Lipinski definition) is 5. The number of amides is 1. The molecule has 0 bridgehead atoms. The molecule has 0 spiro atoms. The van der Waals surface area contributed by atoms with Crippen molar-refractivity contribution in [3.63, 3.8) is 0 Å². The lowest BCUT2D eigenvalue weighted by atomic mass is 10.2. The number of anilines is 1. The van der Waals surface area contributed by atoms with Crippen LogP contribution < -0.4 is 9.64 Å². The van der Waals surface area contributed by atoms with Gasteiger partial charge in [-0.2, -0.15) is 0 Å². The number of methoxy groups -OCH3 is 1. The summed E-state index contributed by atoms with van der Waals surface area (Å²) >= 11 is 1.48. The van der Waals surface area contributed by atoms with Gasteiger partial charge in [-0.25, -0.2) is 4.98 Å². The van der Waals surface area contributed by atoms with E-state index in [2.05, 4.69) is 4.98 Å². The molecular weight excluding hydrogens is 336 g/mol. The van der Waals surface area contributed by atoms with Gasteiger partial charge in [0.2, 0.25) is 5.91 Å². The van der Waals surface area contributed by atoms with Crippen molar-refractivity contribution < 1.29 is 13.9 Å². The van der Waals surface area contributed by atoms with E-state index in [1.54, 1.807) is 18.3 Å². The molecule has 2 heterocycles. The second-order valence-electron chi connectivity index (χ2n) is 6.02. The fourth-order valence-corrected chi connectivity index (χ4v) is 3.47. The molecule has 0 radical (unpaired) electrons. The summed E-state index contributed by atoms with van der Waals surface area (Å²) in [5.74, 6) is 1.83. The van der Waals surface area contributed by atoms with Gasteiger partial charge in [0, 0.05) is 16.9 Å². The molecule has 128 valence electrons. The lowest BCUT2D eigenvalue weighted by Gasteiger charge is -2.18. The fraction of sp³-hybridized carbons (Fsp3) is 0.263. The third-order valence-electron chi connectivity index (χ3n) is 4.20. The normalized spacial score (nSPS) is 13.6. The maximum absolute atomic E-state index is 12.7. The molecule has 6 heteroatoms. The largest absolute Gasteiger partial charge is 0.497 e. The second-order valence-corrected chi connectivity index (χ2v) is 6.86. The van der Waals surface area contributed by atoms with E-state index in [9.17, 15) is 4.79 Å². The van der Waals surface area contributed by atoms with E-state index < -0.39 is 0 Å². The van der Waals surface area contributed by atoms with Gasteiger partial charge >= 0.3 is 0 Å². The molecule has 25 heavy (non-hydrogen) atoms. The Morgan fingerprint density at radius 1 is 1.32 bits per heavy atom. The van der Waals surface area contributed by atoms with Gasteiger partial charge in [0.1, 0.15) is 11.5 Å². The van der Waals surface area contributed by atoms with Crippen LogP contribution in [0, 0.1) is 5.92 Å². The first-order chi connectivity index (χ1) is 12.2. The molecule has 1 aliphatic rings. The number of aromatic nitrogens is 1. The lowest BCUT2D eigenvalue weighted by molar-refractivity contribution is -0.120. The quantitative estimate of drug-likeness (QED) is 0.660. The van der Waals surface area contributed by atoms with Crippen molar-refractivity contribution >= 4 is 22.4 Å². The first-order valence-electron chi connectivity index (χ1n) is 8.18. The topological polar surface area (TPSA) is 55.6 Å². The smallest absolute Gasteiger partial charge is 0.232 e. The molecule has 1 amide bonds. The summed E-state index contributed by atoms with van der Waals surface area (Å²) < 4.78 is 10.6. The van der Waals surface area contributed by atoms with E-state index in [1.165, 1.54) is 11.3 Å². The van der Waals surface area contributed by atoms with Crippen molar-refractivity contribution in [1.82, 2.24) is 4.98 Å². The van der Waals surface area contributed by atoms with E-state index in [0.29, 0.717) is 11.7 Å². The third kappa shape index (κ3) is 3.44.